The minimum Gasteiger partial charge on any atom is -0.507 e. The Morgan fingerprint density at radius 2 is 1.69 bits per heavy atom. The number of nitrogens with zero attached hydrogens (tertiary/aromatic N) is 1. The molecule has 3 aromatic carbocycles. The first-order chi connectivity index (χ1) is 12.6. The molecule has 3 aromatic rings. The summed E-state index contributed by atoms with van der Waals surface area (Å²) in [6, 6.07) is 18.0. The molecule has 130 valence electrons. The average molecular weight is 346 g/mol. The van der Waals surface area contributed by atoms with E-state index in [0.29, 0.717) is 24.3 Å². The second kappa shape index (κ2) is 6.52. The molecule has 1 heterocycles. The Morgan fingerprint density at radius 1 is 1.00 bits per heavy atom. The predicted octanol–water partition coefficient (Wildman–Crippen LogP) is 3.92. The van der Waals surface area contributed by atoms with Crippen LogP contribution in [0.2, 0.25) is 0 Å². The molecule has 0 bridgehead atoms. The molecule has 0 aliphatic carbocycles. The second-order valence-electron chi connectivity index (χ2n) is 6.34. The molecular formula is C21H18N2O3. The Kier molecular flexibility index (Phi) is 4.05. The molecule has 26 heavy (non-hydrogen) atoms. The number of benzene rings is 3. The van der Waals surface area contributed by atoms with Crippen molar-refractivity contribution in [2.75, 3.05) is 16.8 Å². The minimum absolute atomic E-state index is 0.0558. The zero-order chi connectivity index (χ0) is 18.1. The van der Waals surface area contributed by atoms with E-state index >= 15 is 0 Å². The normalized spacial score (nSPS) is 14.0. The number of hydrogen-bond acceptors (Lipinski definition) is 3. The monoisotopic (exact) mass is 346 g/mol. The number of carbonyl (C=O) groups is 2. The second-order valence-corrected chi connectivity index (χ2v) is 6.34. The van der Waals surface area contributed by atoms with E-state index in [1.54, 1.807) is 29.2 Å². The van der Waals surface area contributed by atoms with E-state index in [1.807, 2.05) is 36.4 Å². The summed E-state index contributed by atoms with van der Waals surface area (Å²) in [6.45, 7) is 0.646. The largest absolute Gasteiger partial charge is 0.507 e. The zero-order valence-corrected chi connectivity index (χ0v) is 14.1. The topological polar surface area (TPSA) is 69.6 Å². The van der Waals surface area contributed by atoms with Crippen molar-refractivity contribution in [1.82, 2.24) is 0 Å². The van der Waals surface area contributed by atoms with E-state index in [4.69, 9.17) is 0 Å². The van der Waals surface area contributed by atoms with Crippen molar-refractivity contribution < 1.29 is 14.7 Å². The van der Waals surface area contributed by atoms with Crippen LogP contribution in [0.4, 0.5) is 11.4 Å². The fraction of sp³-hybridized carbons (Fsp3) is 0.143. The number of nitrogens with one attached hydrogen (secondary N) is 1. The molecule has 0 atom stereocenters. The van der Waals surface area contributed by atoms with Gasteiger partial charge in [0, 0.05) is 13.0 Å². The number of carbonyl (C=O) groups excluding carboxylic acids is 2. The lowest BCUT2D eigenvalue weighted by atomic mass is 10.1. The van der Waals surface area contributed by atoms with Gasteiger partial charge in [0.15, 0.2) is 0 Å². The van der Waals surface area contributed by atoms with Gasteiger partial charge >= 0.3 is 0 Å². The summed E-state index contributed by atoms with van der Waals surface area (Å²) >= 11 is 0. The van der Waals surface area contributed by atoms with E-state index in [9.17, 15) is 14.7 Å². The van der Waals surface area contributed by atoms with Gasteiger partial charge in [0.1, 0.15) is 5.75 Å². The molecule has 0 radical (unpaired) electrons. The van der Waals surface area contributed by atoms with Gasteiger partial charge in [-0.15, -0.1) is 0 Å². The van der Waals surface area contributed by atoms with Crippen molar-refractivity contribution in [3.05, 3.63) is 66.2 Å². The highest BCUT2D eigenvalue weighted by Crippen LogP contribution is 2.31. The molecule has 0 saturated carbocycles. The summed E-state index contributed by atoms with van der Waals surface area (Å²) in [7, 11) is 0. The molecule has 0 unspecified atom stereocenters. The molecule has 5 nitrogen and oxygen atoms in total. The van der Waals surface area contributed by atoms with Crippen LogP contribution in [0.1, 0.15) is 23.2 Å². The Morgan fingerprint density at radius 3 is 2.42 bits per heavy atom. The lowest BCUT2D eigenvalue weighted by molar-refractivity contribution is -0.117. The number of aromatic hydroxyl groups is 1. The first kappa shape index (κ1) is 16.1. The lowest BCUT2D eigenvalue weighted by Crippen LogP contribution is -2.25. The van der Waals surface area contributed by atoms with Gasteiger partial charge in [-0.1, -0.05) is 36.4 Å². The molecule has 1 fully saturated rings. The molecule has 2 amide bonds. The molecule has 1 aliphatic rings. The lowest BCUT2D eigenvalue weighted by Gasteiger charge is -2.20. The summed E-state index contributed by atoms with van der Waals surface area (Å²) in [6.07, 6.45) is 1.33. The number of phenols is 1. The van der Waals surface area contributed by atoms with Gasteiger partial charge in [-0.05, 0) is 41.5 Å². The first-order valence-electron chi connectivity index (χ1n) is 8.56. The molecule has 1 aliphatic heterocycles. The number of hydrogen-bond donors (Lipinski definition) is 2. The predicted molar refractivity (Wildman–Crippen MR) is 102 cm³/mol. The maximum Gasteiger partial charge on any atom is 0.259 e. The van der Waals surface area contributed by atoms with E-state index in [2.05, 4.69) is 5.32 Å². The number of para-hydroxylation sites is 2. The third-order valence-corrected chi connectivity index (χ3v) is 4.63. The Bertz CT molecular complexity index is 1010. The zero-order valence-electron chi connectivity index (χ0n) is 14.1. The van der Waals surface area contributed by atoms with Crippen molar-refractivity contribution in [3.8, 4) is 5.75 Å². The molecule has 4 rings (SSSR count). The van der Waals surface area contributed by atoms with Crippen LogP contribution in [0.5, 0.6) is 5.75 Å². The highest BCUT2D eigenvalue weighted by Gasteiger charge is 2.24. The van der Waals surface area contributed by atoms with Crippen molar-refractivity contribution in [2.24, 2.45) is 0 Å². The number of anilines is 2. The van der Waals surface area contributed by atoms with Crippen molar-refractivity contribution >= 4 is 34.0 Å². The Balaban J connectivity index is 1.67. The maximum absolute atomic E-state index is 12.8. The summed E-state index contributed by atoms with van der Waals surface area (Å²) in [5.74, 6) is -0.427. The van der Waals surface area contributed by atoms with Crippen LogP contribution in [0.15, 0.2) is 60.7 Å². The fourth-order valence-corrected chi connectivity index (χ4v) is 3.32. The molecule has 2 N–H and O–H groups in total. The Hall–Kier alpha value is -3.34. The minimum atomic E-state index is -0.410. The van der Waals surface area contributed by atoms with Gasteiger partial charge in [0.05, 0.1) is 16.9 Å². The average Bonchev–Trinajstić information content (AvgIpc) is 3.07. The van der Waals surface area contributed by atoms with Gasteiger partial charge in [-0.25, -0.2) is 0 Å². The summed E-state index contributed by atoms with van der Waals surface area (Å²) in [5.41, 5.74) is 1.44. The standard InChI is InChI=1S/C21H18N2O3/c24-19-13-15-7-2-1-6-14(15)12-16(19)21(26)22-17-8-3-4-9-18(17)23-11-5-10-20(23)25/h1-4,6-9,12-13,24H,5,10-11H2,(H,22,26). The van der Waals surface area contributed by atoms with Crippen LogP contribution >= 0.6 is 0 Å². The van der Waals surface area contributed by atoms with E-state index in [1.165, 1.54) is 0 Å². The van der Waals surface area contributed by atoms with E-state index in [-0.39, 0.29) is 17.2 Å². The van der Waals surface area contributed by atoms with Crippen LogP contribution in [0.25, 0.3) is 10.8 Å². The van der Waals surface area contributed by atoms with Gasteiger partial charge in [0.2, 0.25) is 5.91 Å². The first-order valence-corrected chi connectivity index (χ1v) is 8.56. The van der Waals surface area contributed by atoms with Crippen LogP contribution in [0.3, 0.4) is 0 Å². The summed E-state index contributed by atoms with van der Waals surface area (Å²) < 4.78 is 0. The molecular weight excluding hydrogens is 328 g/mol. The third-order valence-electron chi connectivity index (χ3n) is 4.63. The van der Waals surface area contributed by atoms with E-state index < -0.39 is 5.91 Å². The Labute approximate surface area is 150 Å². The van der Waals surface area contributed by atoms with Gasteiger partial charge < -0.3 is 15.3 Å². The van der Waals surface area contributed by atoms with Crippen molar-refractivity contribution in [2.45, 2.75) is 12.8 Å². The molecule has 5 heteroatoms. The van der Waals surface area contributed by atoms with E-state index in [0.717, 1.165) is 17.2 Å². The SMILES string of the molecule is O=C(Nc1ccccc1N1CCCC1=O)c1cc2ccccc2cc1O. The summed E-state index contributed by atoms with van der Waals surface area (Å²) in [5, 5.41) is 14.8. The molecule has 1 saturated heterocycles. The van der Waals surface area contributed by atoms with Crippen LogP contribution in [-0.2, 0) is 4.79 Å². The third kappa shape index (κ3) is 2.88. The van der Waals surface area contributed by atoms with Crippen molar-refractivity contribution in [3.63, 3.8) is 0 Å². The number of phenolic OH excluding ortho intramolecular Hbond substituents is 1. The van der Waals surface area contributed by atoms with Crippen molar-refractivity contribution in [1.29, 1.82) is 0 Å². The smallest absolute Gasteiger partial charge is 0.259 e. The quantitative estimate of drug-likeness (QED) is 0.755. The number of amides is 2. The van der Waals surface area contributed by atoms with Crippen LogP contribution in [0, 0.1) is 0 Å². The molecule has 0 aromatic heterocycles. The fourth-order valence-electron chi connectivity index (χ4n) is 3.32. The van der Waals surface area contributed by atoms with Gasteiger partial charge in [-0.3, -0.25) is 9.59 Å². The van der Waals surface area contributed by atoms with Crippen LogP contribution < -0.4 is 10.2 Å². The highest BCUT2D eigenvalue weighted by molar-refractivity contribution is 6.11. The highest BCUT2D eigenvalue weighted by atomic mass is 16.3. The maximum atomic E-state index is 12.8. The van der Waals surface area contributed by atoms with Gasteiger partial charge in [-0.2, -0.15) is 0 Å². The number of rotatable bonds is 3. The molecule has 0 spiro atoms. The van der Waals surface area contributed by atoms with Crippen LogP contribution in [-0.4, -0.2) is 23.5 Å². The summed E-state index contributed by atoms with van der Waals surface area (Å²) in [4.78, 5) is 26.5. The van der Waals surface area contributed by atoms with Gasteiger partial charge in [0.25, 0.3) is 5.91 Å². The number of fused-ring (bicyclic) bond motifs is 1.